The van der Waals surface area contributed by atoms with Crippen LogP contribution in [0, 0.1) is 0 Å². The fraction of sp³-hybridized carbons (Fsp3) is 0.300. The maximum Gasteiger partial charge on any atom is 0.148 e. The average Bonchev–Trinajstić information content (AvgIpc) is 2.17. The van der Waals surface area contributed by atoms with Gasteiger partial charge in [-0.1, -0.05) is 11.6 Å². The van der Waals surface area contributed by atoms with Crippen molar-refractivity contribution in [3.05, 3.63) is 17.2 Å². The highest BCUT2D eigenvalue weighted by Crippen LogP contribution is 2.37. The van der Waals surface area contributed by atoms with Crippen LogP contribution in [0.4, 0.5) is 5.69 Å². The lowest BCUT2D eigenvalue weighted by Gasteiger charge is -2.09. The largest absolute Gasteiger partial charge is 0.495 e. The molecule has 1 rings (SSSR count). The Hall–Kier alpha value is -1.42. The molecule has 82 valence electrons. The van der Waals surface area contributed by atoms with Gasteiger partial charge in [0.15, 0.2) is 0 Å². The summed E-state index contributed by atoms with van der Waals surface area (Å²) >= 11 is 5.95. The smallest absolute Gasteiger partial charge is 0.148 e. The number of amidine groups is 1. The van der Waals surface area contributed by atoms with E-state index >= 15 is 0 Å². The van der Waals surface area contributed by atoms with Crippen LogP contribution in [0.2, 0.25) is 5.02 Å². The molecule has 15 heavy (non-hydrogen) atoms. The number of nitrogens with zero attached hydrogens (tertiary/aromatic N) is 1. The summed E-state index contributed by atoms with van der Waals surface area (Å²) in [5, 5.41) is 0.471. The van der Waals surface area contributed by atoms with Gasteiger partial charge < -0.3 is 15.2 Å². The summed E-state index contributed by atoms with van der Waals surface area (Å²) in [5.41, 5.74) is 6.08. The van der Waals surface area contributed by atoms with Crippen molar-refractivity contribution in [1.29, 1.82) is 0 Å². The van der Waals surface area contributed by atoms with Gasteiger partial charge in [-0.3, -0.25) is 0 Å². The van der Waals surface area contributed by atoms with Crippen LogP contribution < -0.4 is 15.2 Å². The second kappa shape index (κ2) is 4.89. The number of rotatable bonds is 3. The highest BCUT2D eigenvalue weighted by molar-refractivity contribution is 6.32. The first-order valence-electron chi connectivity index (χ1n) is 4.30. The molecular weight excluding hydrogens is 216 g/mol. The number of methoxy groups -OCH3 is 2. The fourth-order valence-electron chi connectivity index (χ4n) is 1.12. The molecule has 0 amide bonds. The van der Waals surface area contributed by atoms with Gasteiger partial charge in [-0.15, -0.1) is 0 Å². The highest BCUT2D eigenvalue weighted by atomic mass is 35.5. The van der Waals surface area contributed by atoms with E-state index in [9.17, 15) is 0 Å². The summed E-state index contributed by atoms with van der Waals surface area (Å²) in [7, 11) is 3.09. The van der Waals surface area contributed by atoms with Gasteiger partial charge in [0.05, 0.1) is 25.1 Å². The van der Waals surface area contributed by atoms with E-state index in [1.54, 1.807) is 26.2 Å². The van der Waals surface area contributed by atoms with Crippen molar-refractivity contribution in [1.82, 2.24) is 0 Å². The first kappa shape index (κ1) is 11.7. The Morgan fingerprint density at radius 2 is 1.87 bits per heavy atom. The summed E-state index contributed by atoms with van der Waals surface area (Å²) in [5.74, 6) is 1.55. The van der Waals surface area contributed by atoms with Gasteiger partial charge in [-0.2, -0.15) is 0 Å². The van der Waals surface area contributed by atoms with E-state index in [1.807, 2.05) is 0 Å². The Balaban J connectivity index is 3.27. The molecule has 5 heteroatoms. The van der Waals surface area contributed by atoms with E-state index in [-0.39, 0.29) is 0 Å². The predicted molar refractivity (Wildman–Crippen MR) is 61.5 cm³/mol. The number of benzene rings is 1. The minimum absolute atomic E-state index is 0.439. The molecule has 0 atom stereocenters. The number of hydrogen-bond donors (Lipinski definition) is 1. The zero-order valence-electron chi connectivity index (χ0n) is 8.87. The normalized spacial score (nSPS) is 11.3. The van der Waals surface area contributed by atoms with Crippen molar-refractivity contribution in [2.45, 2.75) is 6.92 Å². The first-order valence-corrected chi connectivity index (χ1v) is 4.68. The summed E-state index contributed by atoms with van der Waals surface area (Å²) in [6, 6.07) is 3.32. The molecule has 0 saturated heterocycles. The van der Waals surface area contributed by atoms with Crippen molar-refractivity contribution in [2.24, 2.45) is 10.7 Å². The summed E-state index contributed by atoms with van der Waals surface area (Å²) < 4.78 is 10.2. The topological polar surface area (TPSA) is 56.8 Å². The van der Waals surface area contributed by atoms with E-state index < -0.39 is 0 Å². The second-order valence-corrected chi connectivity index (χ2v) is 3.32. The molecule has 0 aromatic heterocycles. The zero-order chi connectivity index (χ0) is 11.4. The van der Waals surface area contributed by atoms with Crippen LogP contribution in [0.15, 0.2) is 17.1 Å². The van der Waals surface area contributed by atoms with Gasteiger partial charge in [0.25, 0.3) is 0 Å². The lowest BCUT2D eigenvalue weighted by Crippen LogP contribution is -2.04. The summed E-state index contributed by atoms with van der Waals surface area (Å²) in [6.45, 7) is 1.69. The molecule has 4 nitrogen and oxygen atoms in total. The van der Waals surface area contributed by atoms with Crippen LogP contribution in [0.25, 0.3) is 0 Å². The third kappa shape index (κ3) is 2.76. The summed E-state index contributed by atoms with van der Waals surface area (Å²) in [4.78, 5) is 4.10. The van der Waals surface area contributed by atoms with Crippen LogP contribution in [0.5, 0.6) is 11.5 Å². The Labute approximate surface area is 93.7 Å². The second-order valence-electron chi connectivity index (χ2n) is 2.91. The van der Waals surface area contributed by atoms with E-state index in [0.717, 1.165) is 0 Å². The molecule has 0 spiro atoms. The minimum Gasteiger partial charge on any atom is -0.495 e. The van der Waals surface area contributed by atoms with Gasteiger partial charge in [-0.25, -0.2) is 4.99 Å². The zero-order valence-corrected chi connectivity index (χ0v) is 9.63. The molecule has 0 unspecified atom stereocenters. The Morgan fingerprint density at radius 3 is 2.33 bits per heavy atom. The number of halogens is 1. The molecule has 0 aliphatic rings. The molecule has 0 saturated carbocycles. The molecule has 0 heterocycles. The van der Waals surface area contributed by atoms with Gasteiger partial charge in [0, 0.05) is 6.07 Å². The average molecular weight is 229 g/mol. The maximum absolute atomic E-state index is 5.95. The standard InChI is InChI=1S/C10H13ClN2O2/c1-6(12)13-8-4-7(11)9(14-2)5-10(8)15-3/h4-5H,1-3H3,(H2,12,13). The van der Waals surface area contributed by atoms with Crippen molar-refractivity contribution in [3.63, 3.8) is 0 Å². The van der Waals surface area contributed by atoms with E-state index in [2.05, 4.69) is 4.99 Å². The molecule has 1 aromatic rings. The number of ether oxygens (including phenoxy) is 2. The molecule has 1 aromatic carbocycles. The predicted octanol–water partition coefficient (Wildman–Crippen LogP) is 2.37. The molecule has 0 aliphatic carbocycles. The SMILES string of the molecule is COc1cc(OC)c(N=C(C)N)cc1Cl. The number of nitrogens with two attached hydrogens (primary N) is 1. The Morgan fingerprint density at radius 1 is 1.27 bits per heavy atom. The van der Waals surface area contributed by atoms with E-state index in [4.69, 9.17) is 26.8 Å². The summed E-state index contributed by atoms with van der Waals surface area (Å²) in [6.07, 6.45) is 0. The molecule has 2 N–H and O–H groups in total. The molecule has 0 fully saturated rings. The fourth-order valence-corrected chi connectivity index (χ4v) is 1.36. The van der Waals surface area contributed by atoms with Crippen molar-refractivity contribution in [2.75, 3.05) is 14.2 Å². The van der Waals surface area contributed by atoms with Crippen LogP contribution in [-0.4, -0.2) is 20.1 Å². The lowest BCUT2D eigenvalue weighted by atomic mass is 10.2. The highest BCUT2D eigenvalue weighted by Gasteiger charge is 2.08. The lowest BCUT2D eigenvalue weighted by molar-refractivity contribution is 0.395. The van der Waals surface area contributed by atoms with Crippen LogP contribution >= 0.6 is 11.6 Å². The monoisotopic (exact) mass is 228 g/mol. The van der Waals surface area contributed by atoms with Gasteiger partial charge in [0.1, 0.15) is 17.2 Å². The molecule has 0 radical (unpaired) electrons. The van der Waals surface area contributed by atoms with Gasteiger partial charge >= 0.3 is 0 Å². The van der Waals surface area contributed by atoms with Crippen molar-refractivity contribution >= 4 is 23.1 Å². The Bertz CT molecular complexity index is 387. The van der Waals surface area contributed by atoms with Crippen LogP contribution in [0.1, 0.15) is 6.92 Å². The molecular formula is C10H13ClN2O2. The minimum atomic E-state index is 0.439. The first-order chi connectivity index (χ1) is 7.08. The molecule has 0 bridgehead atoms. The quantitative estimate of drug-likeness (QED) is 0.638. The number of aliphatic imine (C=N–C) groups is 1. The molecule has 0 aliphatic heterocycles. The van der Waals surface area contributed by atoms with E-state index in [0.29, 0.717) is 28.0 Å². The van der Waals surface area contributed by atoms with Crippen LogP contribution in [0.3, 0.4) is 0 Å². The number of hydrogen-bond acceptors (Lipinski definition) is 3. The van der Waals surface area contributed by atoms with Crippen molar-refractivity contribution < 1.29 is 9.47 Å². The van der Waals surface area contributed by atoms with Crippen LogP contribution in [-0.2, 0) is 0 Å². The van der Waals surface area contributed by atoms with E-state index in [1.165, 1.54) is 7.11 Å². The third-order valence-electron chi connectivity index (χ3n) is 1.75. The third-order valence-corrected chi connectivity index (χ3v) is 2.05. The van der Waals surface area contributed by atoms with Gasteiger partial charge in [0.2, 0.25) is 0 Å². The van der Waals surface area contributed by atoms with Crippen molar-refractivity contribution in [3.8, 4) is 11.5 Å². The van der Waals surface area contributed by atoms with Gasteiger partial charge in [-0.05, 0) is 13.0 Å². The maximum atomic E-state index is 5.95. The Kier molecular flexibility index (Phi) is 3.80.